The van der Waals surface area contributed by atoms with E-state index in [0.29, 0.717) is 5.56 Å². The van der Waals surface area contributed by atoms with Gasteiger partial charge >= 0.3 is 0 Å². The number of para-hydroxylation sites is 2. The average molecular weight is 619 g/mol. The van der Waals surface area contributed by atoms with Crippen molar-refractivity contribution in [3.05, 3.63) is 167 Å². The molecule has 0 bridgehead atoms. The van der Waals surface area contributed by atoms with E-state index < -0.39 is 0 Å². The first kappa shape index (κ1) is 28.4. The maximum Gasteiger partial charge on any atom is 0.0994 e. The summed E-state index contributed by atoms with van der Waals surface area (Å²) in [7, 11) is 0. The van der Waals surface area contributed by atoms with Crippen molar-refractivity contribution in [1.82, 2.24) is 4.57 Å². The molecule has 4 aromatic rings. The van der Waals surface area contributed by atoms with Gasteiger partial charge in [0.1, 0.15) is 0 Å². The zero-order valence-corrected chi connectivity index (χ0v) is 26.6. The number of anilines is 1. The van der Waals surface area contributed by atoms with Crippen molar-refractivity contribution in [2.75, 3.05) is 4.90 Å². The molecular weight excluding hydrogens is 585 g/mol. The van der Waals surface area contributed by atoms with Crippen molar-refractivity contribution in [3.8, 4) is 17.8 Å². The Hall–Kier alpha value is -5.84. The number of hydrogen-bond donors (Lipinski definition) is 0. The van der Waals surface area contributed by atoms with Gasteiger partial charge in [0.25, 0.3) is 0 Å². The highest BCUT2D eigenvalue weighted by Crippen LogP contribution is 2.48. The molecule has 0 spiro atoms. The summed E-state index contributed by atoms with van der Waals surface area (Å²) in [5.41, 5.74) is 12.2. The van der Waals surface area contributed by atoms with Crippen LogP contribution in [-0.4, -0.2) is 10.6 Å². The van der Waals surface area contributed by atoms with Crippen LogP contribution in [0.5, 0.6) is 0 Å². The van der Waals surface area contributed by atoms with Crippen LogP contribution in [-0.2, 0) is 6.42 Å². The van der Waals surface area contributed by atoms with Crippen molar-refractivity contribution in [2.24, 2.45) is 11.8 Å². The van der Waals surface area contributed by atoms with Crippen molar-refractivity contribution in [2.45, 2.75) is 37.6 Å². The summed E-state index contributed by atoms with van der Waals surface area (Å²) < 4.78 is 2.40. The van der Waals surface area contributed by atoms with Gasteiger partial charge in [-0.05, 0) is 96.7 Å². The van der Waals surface area contributed by atoms with Crippen LogP contribution in [0.1, 0.15) is 53.1 Å². The molecule has 0 saturated carbocycles. The summed E-state index contributed by atoms with van der Waals surface area (Å²) in [5, 5.41) is 21.5. The number of hydrogen-bond acceptors (Lipinski definition) is 3. The number of fused-ring (bicyclic) bond motifs is 6. The fourth-order valence-corrected chi connectivity index (χ4v) is 8.64. The van der Waals surface area contributed by atoms with Crippen molar-refractivity contribution in [1.29, 1.82) is 10.5 Å². The molecule has 9 rings (SSSR count). The van der Waals surface area contributed by atoms with E-state index in [4.69, 9.17) is 0 Å². The number of benzene rings is 3. The molecule has 230 valence electrons. The molecule has 1 aliphatic heterocycles. The molecule has 3 aromatic carbocycles. The number of aryl methyl sites for hydroxylation is 1. The highest BCUT2D eigenvalue weighted by atomic mass is 15.2. The molecule has 0 fully saturated rings. The van der Waals surface area contributed by atoms with E-state index in [1.54, 1.807) is 0 Å². The van der Waals surface area contributed by atoms with Gasteiger partial charge in [-0.2, -0.15) is 10.5 Å². The molecule has 1 aromatic heterocycles. The zero-order valence-electron chi connectivity index (χ0n) is 26.6. The van der Waals surface area contributed by atoms with Gasteiger partial charge in [0.15, 0.2) is 0 Å². The lowest BCUT2D eigenvalue weighted by Gasteiger charge is -2.35. The molecule has 0 amide bonds. The summed E-state index contributed by atoms with van der Waals surface area (Å²) in [6.07, 6.45) is 28.5. The van der Waals surface area contributed by atoms with E-state index in [2.05, 4.69) is 149 Å². The van der Waals surface area contributed by atoms with Gasteiger partial charge < -0.3 is 9.47 Å². The van der Waals surface area contributed by atoms with Crippen LogP contribution in [0.4, 0.5) is 5.69 Å². The molecule has 0 N–H and O–H groups in total. The summed E-state index contributed by atoms with van der Waals surface area (Å²) >= 11 is 0. The summed E-state index contributed by atoms with van der Waals surface area (Å²) in [5.74, 6) is 0.725. The summed E-state index contributed by atoms with van der Waals surface area (Å²) in [4.78, 5) is 2.48. The Bertz CT molecular complexity index is 2300. The van der Waals surface area contributed by atoms with Crippen LogP contribution in [0.3, 0.4) is 0 Å². The number of allylic oxidation sites excluding steroid dienone is 11. The lowest BCUT2D eigenvalue weighted by atomic mass is 9.77. The fraction of sp³-hybridized carbons (Fsp3) is 0.182. The second-order valence-electron chi connectivity index (χ2n) is 13.3. The highest BCUT2D eigenvalue weighted by Gasteiger charge is 2.39. The molecule has 4 heteroatoms. The van der Waals surface area contributed by atoms with E-state index in [0.717, 1.165) is 48.1 Å². The predicted octanol–water partition coefficient (Wildman–Crippen LogP) is 9.87. The maximum atomic E-state index is 10.6. The van der Waals surface area contributed by atoms with Crippen LogP contribution in [0.25, 0.3) is 28.2 Å². The normalized spacial score (nSPS) is 23.5. The molecule has 2 heterocycles. The molecule has 48 heavy (non-hydrogen) atoms. The van der Waals surface area contributed by atoms with Crippen LogP contribution < -0.4 is 4.90 Å². The average Bonchev–Trinajstić information content (AvgIpc) is 3.67. The quantitative estimate of drug-likeness (QED) is 0.229. The molecular formula is C44H34N4. The van der Waals surface area contributed by atoms with Crippen LogP contribution in [0.2, 0.25) is 0 Å². The number of rotatable bonds is 4. The molecule has 4 unspecified atom stereocenters. The minimum Gasteiger partial charge on any atom is -0.337 e. The first-order valence-corrected chi connectivity index (χ1v) is 17.0. The van der Waals surface area contributed by atoms with Gasteiger partial charge in [-0.3, -0.25) is 0 Å². The van der Waals surface area contributed by atoms with Gasteiger partial charge in [-0.25, -0.2) is 0 Å². The topological polar surface area (TPSA) is 55.8 Å². The predicted molar refractivity (Wildman–Crippen MR) is 194 cm³/mol. The van der Waals surface area contributed by atoms with Crippen molar-refractivity contribution in [3.63, 3.8) is 0 Å². The molecule has 4 nitrogen and oxygen atoms in total. The molecule has 5 aliphatic rings. The van der Waals surface area contributed by atoms with Gasteiger partial charge in [0, 0.05) is 33.9 Å². The number of nitriles is 2. The summed E-state index contributed by atoms with van der Waals surface area (Å²) in [6.45, 7) is 0. The molecule has 0 saturated heterocycles. The van der Waals surface area contributed by atoms with Crippen LogP contribution >= 0.6 is 0 Å². The zero-order chi connectivity index (χ0) is 32.2. The fourth-order valence-electron chi connectivity index (χ4n) is 8.64. The van der Waals surface area contributed by atoms with E-state index in [1.165, 1.54) is 39.1 Å². The largest absolute Gasteiger partial charge is 0.337 e. The van der Waals surface area contributed by atoms with Gasteiger partial charge in [-0.1, -0.05) is 91.1 Å². The van der Waals surface area contributed by atoms with Gasteiger partial charge in [0.05, 0.1) is 40.5 Å². The Balaban J connectivity index is 1.03. The third kappa shape index (κ3) is 4.41. The summed E-state index contributed by atoms with van der Waals surface area (Å²) in [6, 6.07) is 28.5. The third-order valence-corrected chi connectivity index (χ3v) is 10.8. The lowest BCUT2D eigenvalue weighted by molar-refractivity contribution is 0.460. The second-order valence-corrected chi connectivity index (χ2v) is 13.3. The first-order valence-electron chi connectivity index (χ1n) is 17.0. The highest BCUT2D eigenvalue weighted by molar-refractivity contribution is 5.94. The van der Waals surface area contributed by atoms with Crippen LogP contribution in [0, 0.1) is 34.5 Å². The smallest absolute Gasteiger partial charge is 0.0994 e. The maximum absolute atomic E-state index is 10.6. The Kier molecular flexibility index (Phi) is 6.77. The van der Waals surface area contributed by atoms with E-state index in [-0.39, 0.29) is 23.8 Å². The Morgan fingerprint density at radius 2 is 1.69 bits per heavy atom. The van der Waals surface area contributed by atoms with Gasteiger partial charge in [0.2, 0.25) is 0 Å². The molecule has 0 radical (unpaired) electrons. The Morgan fingerprint density at radius 3 is 2.60 bits per heavy atom. The number of aromatic nitrogens is 1. The SMILES string of the molecule is N#CC1=CC(C2C=CC=C(N3c4ccc(C#N)cc4C4C=CC=CC43)C2)CC=C1c1ccccc1-n1c2c(c3ccccc31)CCC=C2. The van der Waals surface area contributed by atoms with E-state index in [1.807, 2.05) is 6.07 Å². The molecule has 4 aliphatic carbocycles. The minimum atomic E-state index is 0.197. The first-order chi connectivity index (χ1) is 23.7. The van der Waals surface area contributed by atoms with E-state index in [9.17, 15) is 10.5 Å². The number of nitrogens with zero attached hydrogens (tertiary/aromatic N) is 4. The lowest BCUT2D eigenvalue weighted by Crippen LogP contribution is -2.34. The molecule has 4 atom stereocenters. The monoisotopic (exact) mass is 618 g/mol. The van der Waals surface area contributed by atoms with Crippen molar-refractivity contribution >= 4 is 28.2 Å². The van der Waals surface area contributed by atoms with Gasteiger partial charge in [-0.15, -0.1) is 0 Å². The Labute approximate surface area is 281 Å². The standard InChI is InChI=1S/C44H34N4/c45-27-29-20-23-44-39(24-29)38-15-4-5-16-40(38)47(44)33-11-9-10-30(26-33)31-21-22-34(32(25-31)28-46)35-12-1-6-17-41(35)48-42-18-7-2-13-36(42)37-14-3-8-19-43(37)48/h1-2,4-13,15-20,22-25,30-31,38,40H,3,14,21,26H2. The minimum absolute atomic E-state index is 0.197. The third-order valence-electron chi connectivity index (χ3n) is 10.8. The second kappa shape index (κ2) is 11.4. The van der Waals surface area contributed by atoms with Crippen molar-refractivity contribution < 1.29 is 0 Å². The van der Waals surface area contributed by atoms with Crippen LogP contribution in [0.15, 0.2) is 139 Å². The Morgan fingerprint density at radius 1 is 0.812 bits per heavy atom. The van der Waals surface area contributed by atoms with E-state index >= 15 is 0 Å².